The van der Waals surface area contributed by atoms with Gasteiger partial charge in [-0.3, -0.25) is 0 Å². The van der Waals surface area contributed by atoms with Crippen LogP contribution in [-0.2, 0) is 0 Å². The van der Waals surface area contributed by atoms with Crippen LogP contribution in [0.4, 0.5) is 0 Å². The van der Waals surface area contributed by atoms with E-state index in [1.165, 1.54) is 25.7 Å². The van der Waals surface area contributed by atoms with Gasteiger partial charge in [0.2, 0.25) is 0 Å². The van der Waals surface area contributed by atoms with Crippen molar-refractivity contribution < 1.29 is 19.0 Å². The first-order chi connectivity index (χ1) is 12.2. The molecule has 134 valence electrons. The van der Waals surface area contributed by atoms with Crippen molar-refractivity contribution in [2.45, 2.75) is 39.0 Å². The molecule has 2 aromatic carbocycles. The highest BCUT2D eigenvalue weighted by Crippen LogP contribution is 2.26. The molecule has 0 fully saturated rings. The fraction of sp³-hybridized carbons (Fsp3) is 0.381. The van der Waals surface area contributed by atoms with Crippen molar-refractivity contribution in [1.82, 2.24) is 0 Å². The van der Waals surface area contributed by atoms with Gasteiger partial charge in [0, 0.05) is 0 Å². The van der Waals surface area contributed by atoms with E-state index in [4.69, 9.17) is 14.2 Å². The molecule has 0 N–H and O–H groups in total. The van der Waals surface area contributed by atoms with E-state index in [1.54, 1.807) is 49.6 Å². The third kappa shape index (κ3) is 6.14. The van der Waals surface area contributed by atoms with Gasteiger partial charge in [-0.2, -0.15) is 0 Å². The number of esters is 1. The molecule has 0 aliphatic carbocycles. The maximum atomic E-state index is 12.2. The molecule has 0 aromatic heterocycles. The fourth-order valence-electron chi connectivity index (χ4n) is 2.44. The SMILES string of the molecule is CCCCCCCOc1ccc(C(=O)Oc2ccccc2OC)cc1. The molecule has 0 bridgehead atoms. The predicted octanol–water partition coefficient (Wildman–Crippen LogP) is 5.26. The summed E-state index contributed by atoms with van der Waals surface area (Å²) in [6.07, 6.45) is 6.03. The van der Waals surface area contributed by atoms with Crippen LogP contribution in [0.3, 0.4) is 0 Å². The van der Waals surface area contributed by atoms with Gasteiger partial charge in [-0.25, -0.2) is 4.79 Å². The van der Waals surface area contributed by atoms with Crippen molar-refractivity contribution in [3.8, 4) is 17.2 Å². The highest BCUT2D eigenvalue weighted by Gasteiger charge is 2.11. The summed E-state index contributed by atoms with van der Waals surface area (Å²) in [6, 6.07) is 14.1. The minimum Gasteiger partial charge on any atom is -0.494 e. The molecule has 0 spiro atoms. The Kier molecular flexibility index (Phi) is 7.83. The first-order valence-electron chi connectivity index (χ1n) is 8.82. The fourth-order valence-corrected chi connectivity index (χ4v) is 2.44. The van der Waals surface area contributed by atoms with E-state index in [1.807, 2.05) is 6.07 Å². The molecule has 4 nitrogen and oxygen atoms in total. The second kappa shape index (κ2) is 10.4. The number of ether oxygens (including phenoxy) is 3. The number of carbonyl (C=O) groups is 1. The molecule has 2 aromatic rings. The largest absolute Gasteiger partial charge is 0.494 e. The maximum absolute atomic E-state index is 12.2. The van der Waals surface area contributed by atoms with Crippen molar-refractivity contribution in [2.24, 2.45) is 0 Å². The van der Waals surface area contributed by atoms with Gasteiger partial charge >= 0.3 is 5.97 Å². The van der Waals surface area contributed by atoms with Gasteiger partial charge in [-0.05, 0) is 42.8 Å². The second-order valence-corrected chi connectivity index (χ2v) is 5.83. The number of hydrogen-bond acceptors (Lipinski definition) is 4. The molecule has 4 heteroatoms. The number of unbranched alkanes of at least 4 members (excludes halogenated alkanes) is 4. The van der Waals surface area contributed by atoms with Crippen molar-refractivity contribution >= 4 is 5.97 Å². The van der Waals surface area contributed by atoms with E-state index in [-0.39, 0.29) is 0 Å². The highest BCUT2D eigenvalue weighted by molar-refractivity contribution is 5.91. The van der Waals surface area contributed by atoms with Crippen LogP contribution in [0.5, 0.6) is 17.2 Å². The van der Waals surface area contributed by atoms with Gasteiger partial charge < -0.3 is 14.2 Å². The van der Waals surface area contributed by atoms with E-state index in [9.17, 15) is 4.79 Å². The molecule has 0 saturated carbocycles. The molecular weight excluding hydrogens is 316 g/mol. The molecule has 0 atom stereocenters. The molecule has 0 radical (unpaired) electrons. The Bertz CT molecular complexity index is 649. The van der Waals surface area contributed by atoms with Crippen LogP contribution in [-0.4, -0.2) is 19.7 Å². The zero-order chi connectivity index (χ0) is 17.9. The van der Waals surface area contributed by atoms with E-state index in [0.717, 1.165) is 12.2 Å². The van der Waals surface area contributed by atoms with E-state index in [0.29, 0.717) is 23.7 Å². The first-order valence-corrected chi connectivity index (χ1v) is 8.82. The van der Waals surface area contributed by atoms with Gasteiger partial charge in [0.1, 0.15) is 5.75 Å². The van der Waals surface area contributed by atoms with Crippen LogP contribution in [0.25, 0.3) is 0 Å². The van der Waals surface area contributed by atoms with Gasteiger partial charge in [-0.15, -0.1) is 0 Å². The third-order valence-corrected chi connectivity index (χ3v) is 3.88. The maximum Gasteiger partial charge on any atom is 0.343 e. The average molecular weight is 342 g/mol. The lowest BCUT2D eigenvalue weighted by atomic mass is 10.2. The highest BCUT2D eigenvalue weighted by atomic mass is 16.6. The van der Waals surface area contributed by atoms with Crippen LogP contribution in [0.15, 0.2) is 48.5 Å². The van der Waals surface area contributed by atoms with Crippen LogP contribution in [0.1, 0.15) is 49.4 Å². The van der Waals surface area contributed by atoms with Crippen LogP contribution in [0.2, 0.25) is 0 Å². The summed E-state index contributed by atoms with van der Waals surface area (Å²) in [5, 5.41) is 0. The lowest BCUT2D eigenvalue weighted by Gasteiger charge is -2.09. The van der Waals surface area contributed by atoms with Crippen molar-refractivity contribution in [3.05, 3.63) is 54.1 Å². The Balaban J connectivity index is 1.83. The summed E-state index contributed by atoms with van der Waals surface area (Å²) in [4.78, 5) is 12.2. The second-order valence-electron chi connectivity index (χ2n) is 5.83. The zero-order valence-corrected chi connectivity index (χ0v) is 15.0. The van der Waals surface area contributed by atoms with Gasteiger partial charge in [0.05, 0.1) is 19.3 Å². The van der Waals surface area contributed by atoms with Gasteiger partial charge in [-0.1, -0.05) is 44.7 Å². The summed E-state index contributed by atoms with van der Waals surface area (Å²) in [5.74, 6) is 1.28. The Morgan fingerprint density at radius 1 is 0.880 bits per heavy atom. The minimum atomic E-state index is -0.421. The normalized spacial score (nSPS) is 10.3. The number of rotatable bonds is 10. The molecule has 0 amide bonds. The number of para-hydroxylation sites is 2. The summed E-state index contributed by atoms with van der Waals surface area (Å²) >= 11 is 0. The monoisotopic (exact) mass is 342 g/mol. The Hall–Kier alpha value is -2.49. The van der Waals surface area contributed by atoms with Crippen LogP contribution < -0.4 is 14.2 Å². The zero-order valence-electron chi connectivity index (χ0n) is 15.0. The molecule has 0 unspecified atom stereocenters. The molecule has 0 heterocycles. The standard InChI is InChI=1S/C21H26O4/c1-3-4-5-6-9-16-24-18-14-12-17(13-15-18)21(22)25-20-11-8-7-10-19(20)23-2/h7-8,10-15H,3-6,9,16H2,1-2H3. The number of hydrogen-bond donors (Lipinski definition) is 0. The quantitative estimate of drug-likeness (QED) is 0.335. The Morgan fingerprint density at radius 3 is 2.24 bits per heavy atom. The van der Waals surface area contributed by atoms with Crippen molar-refractivity contribution in [2.75, 3.05) is 13.7 Å². The van der Waals surface area contributed by atoms with E-state index < -0.39 is 5.97 Å². The van der Waals surface area contributed by atoms with Crippen LogP contribution in [0, 0.1) is 0 Å². The van der Waals surface area contributed by atoms with Gasteiger partial charge in [0.15, 0.2) is 11.5 Å². The summed E-state index contributed by atoms with van der Waals surface area (Å²) in [6.45, 7) is 2.91. The molecule has 25 heavy (non-hydrogen) atoms. The smallest absolute Gasteiger partial charge is 0.343 e. The summed E-state index contributed by atoms with van der Waals surface area (Å²) in [5.41, 5.74) is 0.473. The molecule has 0 saturated heterocycles. The van der Waals surface area contributed by atoms with Crippen LogP contribution >= 0.6 is 0 Å². The lowest BCUT2D eigenvalue weighted by Crippen LogP contribution is -2.09. The number of methoxy groups -OCH3 is 1. The minimum absolute atomic E-state index is 0.405. The van der Waals surface area contributed by atoms with Crippen molar-refractivity contribution in [3.63, 3.8) is 0 Å². The summed E-state index contributed by atoms with van der Waals surface area (Å²) < 4.78 is 16.3. The van der Waals surface area contributed by atoms with Crippen molar-refractivity contribution in [1.29, 1.82) is 0 Å². The van der Waals surface area contributed by atoms with E-state index >= 15 is 0 Å². The molecule has 2 rings (SSSR count). The number of carbonyl (C=O) groups excluding carboxylic acids is 1. The average Bonchev–Trinajstić information content (AvgIpc) is 2.65. The lowest BCUT2D eigenvalue weighted by molar-refractivity contribution is 0.0729. The topological polar surface area (TPSA) is 44.8 Å². The predicted molar refractivity (Wildman–Crippen MR) is 98.6 cm³/mol. The van der Waals surface area contributed by atoms with E-state index in [2.05, 4.69) is 6.92 Å². The third-order valence-electron chi connectivity index (χ3n) is 3.88. The molecule has 0 aliphatic rings. The number of benzene rings is 2. The Morgan fingerprint density at radius 2 is 1.56 bits per heavy atom. The molecular formula is C21H26O4. The summed E-state index contributed by atoms with van der Waals surface area (Å²) in [7, 11) is 1.54. The van der Waals surface area contributed by atoms with Gasteiger partial charge in [0.25, 0.3) is 0 Å². The Labute approximate surface area is 149 Å². The first kappa shape index (κ1) is 18.8. The molecule has 0 aliphatic heterocycles.